The van der Waals surface area contributed by atoms with Gasteiger partial charge in [0.1, 0.15) is 6.54 Å². The second kappa shape index (κ2) is 4.36. The molecule has 9 heteroatoms. The van der Waals surface area contributed by atoms with Gasteiger partial charge in [-0.25, -0.2) is 0 Å². The zero-order valence-electron chi connectivity index (χ0n) is 7.39. The topological polar surface area (TPSA) is 41.9 Å². The first-order valence-electron chi connectivity index (χ1n) is 3.63. The van der Waals surface area contributed by atoms with Crippen LogP contribution in [0.4, 0.5) is 19.0 Å². The Morgan fingerprint density at radius 3 is 2.40 bits per heavy atom. The van der Waals surface area contributed by atoms with E-state index in [1.165, 1.54) is 7.05 Å². The van der Waals surface area contributed by atoms with Crippen LogP contribution in [0, 0.1) is 0 Å². The van der Waals surface area contributed by atoms with Crippen molar-refractivity contribution in [3.63, 3.8) is 0 Å². The van der Waals surface area contributed by atoms with Crippen LogP contribution in [-0.2, 0) is 0 Å². The summed E-state index contributed by atoms with van der Waals surface area (Å²) in [5.74, 6) is -0.158. The van der Waals surface area contributed by atoms with Crippen LogP contribution in [0.5, 0.6) is 0 Å². The largest absolute Gasteiger partial charge is 0.405 e. The smallest absolute Gasteiger partial charge is 0.348 e. The van der Waals surface area contributed by atoms with E-state index in [-0.39, 0.29) is 16.3 Å². The molecule has 1 aromatic heterocycles. The minimum atomic E-state index is -4.35. The van der Waals surface area contributed by atoms with Crippen molar-refractivity contribution >= 4 is 29.0 Å². The van der Waals surface area contributed by atoms with Gasteiger partial charge < -0.3 is 4.90 Å². The standard InChI is InChI=1S/C6H5Cl2F3N4/c1-15(2-6(9,10)11)4-3(7)13-14-5(8)12-4/h2H2,1H3. The van der Waals surface area contributed by atoms with Crippen LogP contribution in [0.3, 0.4) is 0 Å². The van der Waals surface area contributed by atoms with Crippen LogP contribution in [0.15, 0.2) is 0 Å². The Morgan fingerprint density at radius 1 is 1.27 bits per heavy atom. The second-order valence-corrected chi connectivity index (χ2v) is 3.36. The van der Waals surface area contributed by atoms with Gasteiger partial charge in [0.15, 0.2) is 11.0 Å². The number of alkyl halides is 3. The SMILES string of the molecule is CN(CC(F)(F)F)c1nc(Cl)nnc1Cl. The maximum atomic E-state index is 12.0. The van der Waals surface area contributed by atoms with Gasteiger partial charge in [0.05, 0.1) is 0 Å². The number of anilines is 1. The fourth-order valence-corrected chi connectivity index (χ4v) is 1.21. The fraction of sp³-hybridized carbons (Fsp3) is 0.500. The van der Waals surface area contributed by atoms with Crippen molar-refractivity contribution in [1.29, 1.82) is 0 Å². The molecule has 0 radical (unpaired) electrons. The first kappa shape index (κ1) is 12.3. The summed E-state index contributed by atoms with van der Waals surface area (Å²) >= 11 is 10.9. The van der Waals surface area contributed by atoms with E-state index in [9.17, 15) is 13.2 Å². The van der Waals surface area contributed by atoms with Crippen molar-refractivity contribution in [1.82, 2.24) is 15.2 Å². The summed E-state index contributed by atoms with van der Waals surface area (Å²) in [5, 5.41) is 6.13. The van der Waals surface area contributed by atoms with E-state index in [1.807, 2.05) is 0 Å². The number of nitrogens with zero attached hydrogens (tertiary/aromatic N) is 4. The Balaban J connectivity index is 2.90. The summed E-state index contributed by atoms with van der Waals surface area (Å²) < 4.78 is 36.1. The van der Waals surface area contributed by atoms with E-state index in [2.05, 4.69) is 15.2 Å². The van der Waals surface area contributed by atoms with E-state index in [0.717, 1.165) is 4.90 Å². The van der Waals surface area contributed by atoms with E-state index in [4.69, 9.17) is 23.2 Å². The number of halogens is 5. The van der Waals surface area contributed by atoms with Crippen LogP contribution < -0.4 is 4.90 Å². The highest BCUT2D eigenvalue weighted by molar-refractivity contribution is 6.32. The number of hydrogen-bond acceptors (Lipinski definition) is 4. The lowest BCUT2D eigenvalue weighted by Gasteiger charge is -2.19. The van der Waals surface area contributed by atoms with Gasteiger partial charge in [-0.1, -0.05) is 11.6 Å². The molecule has 15 heavy (non-hydrogen) atoms. The van der Waals surface area contributed by atoms with Crippen molar-refractivity contribution in [2.45, 2.75) is 6.18 Å². The molecule has 0 N–H and O–H groups in total. The average Bonchev–Trinajstić information content (AvgIpc) is 2.06. The zero-order chi connectivity index (χ0) is 11.6. The molecule has 0 bridgehead atoms. The molecule has 4 nitrogen and oxygen atoms in total. The second-order valence-electron chi connectivity index (χ2n) is 2.67. The maximum absolute atomic E-state index is 12.0. The Hall–Kier alpha value is -0.820. The van der Waals surface area contributed by atoms with E-state index >= 15 is 0 Å². The monoisotopic (exact) mass is 260 g/mol. The first-order chi connectivity index (χ1) is 6.79. The lowest BCUT2D eigenvalue weighted by Crippen LogP contribution is -2.31. The van der Waals surface area contributed by atoms with Crippen LogP contribution in [0.2, 0.25) is 10.4 Å². The van der Waals surface area contributed by atoms with Gasteiger partial charge in [-0.15, -0.1) is 10.2 Å². The third kappa shape index (κ3) is 3.67. The zero-order valence-corrected chi connectivity index (χ0v) is 8.90. The van der Waals surface area contributed by atoms with E-state index in [0.29, 0.717) is 0 Å². The normalized spacial score (nSPS) is 11.6. The highest BCUT2D eigenvalue weighted by Gasteiger charge is 2.30. The lowest BCUT2D eigenvalue weighted by atomic mass is 10.5. The molecule has 0 aliphatic heterocycles. The number of rotatable bonds is 2. The van der Waals surface area contributed by atoms with Gasteiger partial charge in [-0.05, 0) is 11.6 Å². The van der Waals surface area contributed by atoms with Gasteiger partial charge >= 0.3 is 6.18 Å². The average molecular weight is 261 g/mol. The van der Waals surface area contributed by atoms with Gasteiger partial charge in [-0.3, -0.25) is 0 Å². The molecule has 0 saturated heterocycles. The molecule has 0 aromatic carbocycles. The predicted molar refractivity (Wildman–Crippen MR) is 49.2 cm³/mol. The lowest BCUT2D eigenvalue weighted by molar-refractivity contribution is -0.119. The van der Waals surface area contributed by atoms with Crippen molar-refractivity contribution in [3.05, 3.63) is 10.4 Å². The van der Waals surface area contributed by atoms with Crippen molar-refractivity contribution in [3.8, 4) is 0 Å². The quantitative estimate of drug-likeness (QED) is 0.818. The van der Waals surface area contributed by atoms with Crippen LogP contribution in [0.1, 0.15) is 0 Å². The number of aromatic nitrogens is 3. The molecule has 0 atom stereocenters. The molecular weight excluding hydrogens is 256 g/mol. The molecule has 0 unspecified atom stereocenters. The van der Waals surface area contributed by atoms with Gasteiger partial charge in [0, 0.05) is 7.05 Å². The molecule has 0 amide bonds. The van der Waals surface area contributed by atoms with E-state index < -0.39 is 12.7 Å². The Labute approximate surface area is 93.0 Å². The highest BCUT2D eigenvalue weighted by Crippen LogP contribution is 2.24. The van der Waals surface area contributed by atoms with Crippen molar-refractivity contribution in [2.24, 2.45) is 0 Å². The molecular formula is C6H5Cl2F3N4. The van der Waals surface area contributed by atoms with Gasteiger partial charge in [0.2, 0.25) is 5.28 Å². The molecule has 1 heterocycles. The molecule has 0 spiro atoms. The van der Waals surface area contributed by atoms with Crippen molar-refractivity contribution in [2.75, 3.05) is 18.5 Å². The molecule has 1 aromatic rings. The maximum Gasteiger partial charge on any atom is 0.405 e. The summed E-state index contributed by atoms with van der Waals surface area (Å²) in [6, 6.07) is 0. The van der Waals surface area contributed by atoms with E-state index in [1.54, 1.807) is 0 Å². The fourth-order valence-electron chi connectivity index (χ4n) is 0.872. The van der Waals surface area contributed by atoms with Gasteiger partial charge in [-0.2, -0.15) is 18.2 Å². The molecule has 84 valence electrons. The molecule has 0 aliphatic carbocycles. The predicted octanol–water partition coefficient (Wildman–Crippen LogP) is 2.18. The molecule has 0 aliphatic rings. The third-order valence-electron chi connectivity index (χ3n) is 1.38. The Bertz CT molecular complexity index is 357. The van der Waals surface area contributed by atoms with Crippen LogP contribution >= 0.6 is 23.2 Å². The summed E-state index contributed by atoms with van der Waals surface area (Å²) in [6.45, 7) is -1.19. The summed E-state index contributed by atoms with van der Waals surface area (Å²) in [4.78, 5) is 4.34. The Morgan fingerprint density at radius 2 is 1.87 bits per heavy atom. The number of hydrogen-bond donors (Lipinski definition) is 0. The molecule has 0 saturated carbocycles. The minimum absolute atomic E-state index is 0.158. The molecule has 1 rings (SSSR count). The highest BCUT2D eigenvalue weighted by atomic mass is 35.5. The van der Waals surface area contributed by atoms with Crippen LogP contribution in [-0.4, -0.2) is 35.0 Å². The third-order valence-corrected chi connectivity index (χ3v) is 1.79. The Kier molecular flexibility index (Phi) is 3.56. The summed E-state index contributed by atoms with van der Waals surface area (Å²) in [5.41, 5.74) is 0. The van der Waals surface area contributed by atoms with Crippen molar-refractivity contribution < 1.29 is 13.2 Å². The first-order valence-corrected chi connectivity index (χ1v) is 4.39. The van der Waals surface area contributed by atoms with Crippen LogP contribution in [0.25, 0.3) is 0 Å². The summed E-state index contributed by atoms with van der Waals surface area (Å²) in [6.07, 6.45) is -4.35. The minimum Gasteiger partial charge on any atom is -0.348 e. The summed E-state index contributed by atoms with van der Waals surface area (Å²) in [7, 11) is 1.18. The van der Waals surface area contributed by atoms with Gasteiger partial charge in [0.25, 0.3) is 0 Å². The molecule has 0 fully saturated rings.